The van der Waals surface area contributed by atoms with Gasteiger partial charge in [0.05, 0.1) is 5.56 Å². The summed E-state index contributed by atoms with van der Waals surface area (Å²) in [6.45, 7) is 0.358. The summed E-state index contributed by atoms with van der Waals surface area (Å²) in [5.74, 6) is 0.546. The fourth-order valence-corrected chi connectivity index (χ4v) is 2.87. The van der Waals surface area contributed by atoms with Gasteiger partial charge in [0.25, 0.3) is 5.91 Å². The SMILES string of the molecule is O=C(NCc1ccc2ncoc2c1)c1cnccc1OC(Cl)C1CC1. The minimum Gasteiger partial charge on any atom is -0.473 e. The number of nitrogens with zero attached hydrogens (tertiary/aromatic N) is 2. The Kier molecular flexibility index (Phi) is 4.28. The van der Waals surface area contributed by atoms with E-state index in [1.54, 1.807) is 12.3 Å². The van der Waals surface area contributed by atoms with E-state index >= 15 is 0 Å². The second kappa shape index (κ2) is 6.72. The van der Waals surface area contributed by atoms with Crippen LogP contribution in [0.4, 0.5) is 0 Å². The Morgan fingerprint density at radius 2 is 2.28 bits per heavy atom. The lowest BCUT2D eigenvalue weighted by Gasteiger charge is -2.15. The molecule has 128 valence electrons. The maximum Gasteiger partial charge on any atom is 0.256 e. The normalized spacial score (nSPS) is 15.1. The zero-order valence-electron chi connectivity index (χ0n) is 13.3. The summed E-state index contributed by atoms with van der Waals surface area (Å²) in [7, 11) is 0. The van der Waals surface area contributed by atoms with E-state index in [0.29, 0.717) is 29.4 Å². The summed E-state index contributed by atoms with van der Waals surface area (Å²) >= 11 is 6.22. The van der Waals surface area contributed by atoms with Crippen LogP contribution in [0, 0.1) is 5.92 Å². The first kappa shape index (κ1) is 15.9. The molecule has 6 nitrogen and oxygen atoms in total. The zero-order valence-corrected chi connectivity index (χ0v) is 14.1. The number of nitrogens with one attached hydrogen (secondary N) is 1. The molecule has 0 radical (unpaired) electrons. The van der Waals surface area contributed by atoms with Crippen molar-refractivity contribution in [3.63, 3.8) is 0 Å². The standard InChI is InChI=1S/C18H16ClN3O3/c19-17(12-2-3-12)25-15-5-6-20-9-13(15)18(23)21-8-11-1-4-14-16(7-11)24-10-22-14/h1,4-7,9-10,12,17H,2-3,8H2,(H,21,23). The molecular formula is C18H16ClN3O3. The highest BCUT2D eigenvalue weighted by molar-refractivity contribution is 6.20. The smallest absolute Gasteiger partial charge is 0.256 e. The number of pyridine rings is 1. The van der Waals surface area contributed by atoms with Gasteiger partial charge in [0.15, 0.2) is 17.5 Å². The highest BCUT2D eigenvalue weighted by Crippen LogP contribution is 2.37. The molecule has 1 fully saturated rings. The summed E-state index contributed by atoms with van der Waals surface area (Å²) in [5, 5.41) is 2.87. The third-order valence-corrected chi connectivity index (χ3v) is 4.55. The number of benzene rings is 1. The number of aromatic nitrogens is 2. The van der Waals surface area contributed by atoms with Gasteiger partial charge < -0.3 is 14.5 Å². The van der Waals surface area contributed by atoms with Crippen molar-refractivity contribution < 1.29 is 13.9 Å². The number of fused-ring (bicyclic) bond motifs is 1. The molecule has 1 saturated carbocycles. The molecule has 2 heterocycles. The molecule has 7 heteroatoms. The monoisotopic (exact) mass is 357 g/mol. The van der Waals surface area contributed by atoms with Crippen molar-refractivity contribution in [2.24, 2.45) is 5.92 Å². The number of halogens is 1. The summed E-state index contributed by atoms with van der Waals surface area (Å²) in [5.41, 5.74) is 2.34. The first-order chi connectivity index (χ1) is 12.2. The van der Waals surface area contributed by atoms with Crippen molar-refractivity contribution in [2.75, 3.05) is 0 Å². The second-order valence-corrected chi connectivity index (χ2v) is 6.45. The predicted molar refractivity (Wildman–Crippen MR) is 92.4 cm³/mol. The van der Waals surface area contributed by atoms with Crippen molar-refractivity contribution in [1.82, 2.24) is 15.3 Å². The van der Waals surface area contributed by atoms with Crippen LogP contribution >= 0.6 is 11.6 Å². The number of carbonyl (C=O) groups excluding carboxylic acids is 1. The highest BCUT2D eigenvalue weighted by Gasteiger charge is 2.32. The number of rotatable bonds is 6. The van der Waals surface area contributed by atoms with E-state index in [1.807, 2.05) is 18.2 Å². The molecule has 4 rings (SSSR count). The van der Waals surface area contributed by atoms with Crippen LogP contribution in [0.3, 0.4) is 0 Å². The van der Waals surface area contributed by atoms with Gasteiger partial charge in [0.2, 0.25) is 0 Å². The van der Waals surface area contributed by atoms with Gasteiger partial charge in [-0.05, 0) is 36.6 Å². The molecule has 2 aromatic heterocycles. The number of hydrogen-bond donors (Lipinski definition) is 1. The topological polar surface area (TPSA) is 77.3 Å². The Bertz CT molecular complexity index is 907. The Morgan fingerprint density at radius 3 is 3.12 bits per heavy atom. The molecular weight excluding hydrogens is 342 g/mol. The van der Waals surface area contributed by atoms with Crippen molar-refractivity contribution in [1.29, 1.82) is 0 Å². The maximum atomic E-state index is 12.5. The minimum atomic E-state index is -0.414. The van der Waals surface area contributed by atoms with Gasteiger partial charge in [-0.15, -0.1) is 0 Å². The third-order valence-electron chi connectivity index (χ3n) is 4.11. The van der Waals surface area contributed by atoms with E-state index in [2.05, 4.69) is 15.3 Å². The number of hydrogen-bond acceptors (Lipinski definition) is 5. The Morgan fingerprint density at radius 1 is 1.40 bits per heavy atom. The van der Waals surface area contributed by atoms with Crippen LogP contribution in [0.1, 0.15) is 28.8 Å². The highest BCUT2D eigenvalue weighted by atomic mass is 35.5. The van der Waals surface area contributed by atoms with E-state index in [-0.39, 0.29) is 5.91 Å². The molecule has 1 amide bonds. The van der Waals surface area contributed by atoms with Crippen LogP contribution < -0.4 is 10.1 Å². The molecule has 1 aliphatic rings. The Hall–Kier alpha value is -2.60. The molecule has 3 aromatic rings. The van der Waals surface area contributed by atoms with Crippen LogP contribution in [0.25, 0.3) is 11.1 Å². The Labute approximate surface area is 149 Å². The lowest BCUT2D eigenvalue weighted by molar-refractivity contribution is 0.0945. The van der Waals surface area contributed by atoms with Crippen LogP contribution in [-0.4, -0.2) is 21.4 Å². The van der Waals surface area contributed by atoms with Crippen LogP contribution in [0.15, 0.2) is 47.5 Å². The maximum absolute atomic E-state index is 12.5. The number of ether oxygens (including phenoxy) is 1. The predicted octanol–water partition coefficient (Wildman–Crippen LogP) is 3.51. The largest absolute Gasteiger partial charge is 0.473 e. The molecule has 1 N–H and O–H groups in total. The van der Waals surface area contributed by atoms with Crippen LogP contribution in [-0.2, 0) is 6.54 Å². The summed E-state index contributed by atoms with van der Waals surface area (Å²) in [4.78, 5) is 20.6. The van der Waals surface area contributed by atoms with E-state index in [4.69, 9.17) is 20.8 Å². The fraction of sp³-hybridized carbons (Fsp3) is 0.278. The molecule has 1 aliphatic carbocycles. The molecule has 1 aromatic carbocycles. The minimum absolute atomic E-state index is 0.263. The average Bonchev–Trinajstić information content (AvgIpc) is 3.38. The van der Waals surface area contributed by atoms with E-state index in [1.165, 1.54) is 12.6 Å². The van der Waals surface area contributed by atoms with Crippen LogP contribution in [0.2, 0.25) is 0 Å². The first-order valence-electron chi connectivity index (χ1n) is 8.06. The molecule has 0 aliphatic heterocycles. The summed E-state index contributed by atoms with van der Waals surface area (Å²) < 4.78 is 11.0. The molecule has 1 atom stereocenters. The molecule has 25 heavy (non-hydrogen) atoms. The first-order valence-corrected chi connectivity index (χ1v) is 8.49. The molecule has 0 bridgehead atoms. The third kappa shape index (κ3) is 3.58. The van der Waals surface area contributed by atoms with Gasteiger partial charge >= 0.3 is 0 Å². The van der Waals surface area contributed by atoms with Gasteiger partial charge in [0.1, 0.15) is 11.3 Å². The average molecular weight is 358 g/mol. The molecule has 1 unspecified atom stereocenters. The van der Waals surface area contributed by atoms with Gasteiger partial charge in [-0.25, -0.2) is 4.98 Å². The van der Waals surface area contributed by atoms with E-state index < -0.39 is 5.56 Å². The van der Waals surface area contributed by atoms with Crippen molar-refractivity contribution in [3.05, 3.63) is 54.2 Å². The molecule has 0 saturated heterocycles. The zero-order chi connectivity index (χ0) is 17.2. The van der Waals surface area contributed by atoms with Crippen molar-refractivity contribution >= 4 is 28.6 Å². The number of oxazole rings is 1. The lowest BCUT2D eigenvalue weighted by Crippen LogP contribution is -2.24. The Balaban J connectivity index is 1.45. The van der Waals surface area contributed by atoms with Crippen LogP contribution in [0.5, 0.6) is 5.75 Å². The fourth-order valence-electron chi connectivity index (χ4n) is 2.52. The number of carbonyl (C=O) groups is 1. The lowest BCUT2D eigenvalue weighted by atomic mass is 10.2. The quantitative estimate of drug-likeness (QED) is 0.683. The molecule has 0 spiro atoms. The van der Waals surface area contributed by atoms with Crippen molar-refractivity contribution in [2.45, 2.75) is 24.9 Å². The summed E-state index contributed by atoms with van der Waals surface area (Å²) in [6.07, 6.45) is 6.59. The van der Waals surface area contributed by atoms with Gasteiger partial charge in [-0.2, -0.15) is 0 Å². The number of alkyl halides is 1. The van der Waals surface area contributed by atoms with E-state index in [0.717, 1.165) is 23.9 Å². The van der Waals surface area contributed by atoms with Gasteiger partial charge in [-0.1, -0.05) is 17.7 Å². The van der Waals surface area contributed by atoms with E-state index in [9.17, 15) is 4.79 Å². The van der Waals surface area contributed by atoms with Gasteiger partial charge in [-0.3, -0.25) is 9.78 Å². The van der Waals surface area contributed by atoms with Gasteiger partial charge in [0, 0.05) is 24.9 Å². The second-order valence-electron chi connectivity index (χ2n) is 6.02. The summed E-state index contributed by atoms with van der Waals surface area (Å²) in [6, 6.07) is 7.26. The number of amides is 1. The van der Waals surface area contributed by atoms with Crippen molar-refractivity contribution in [3.8, 4) is 5.75 Å².